The van der Waals surface area contributed by atoms with Crippen molar-refractivity contribution < 1.29 is 13.9 Å². The Hall–Kier alpha value is -3.74. The summed E-state index contributed by atoms with van der Waals surface area (Å²) in [6.07, 6.45) is 3.56. The lowest BCUT2D eigenvalue weighted by molar-refractivity contribution is 0.0465. The fraction of sp³-hybridized carbons (Fsp3) is 0.0500. The van der Waals surface area contributed by atoms with E-state index in [2.05, 4.69) is 15.3 Å². The molecule has 1 N–H and O–H groups in total. The first-order chi connectivity index (χ1) is 13.2. The van der Waals surface area contributed by atoms with Gasteiger partial charge in [-0.1, -0.05) is 12.1 Å². The molecule has 4 aromatic rings. The summed E-state index contributed by atoms with van der Waals surface area (Å²) in [5.41, 5.74) is 3.28. The van der Waals surface area contributed by atoms with Gasteiger partial charge in [0, 0.05) is 18.0 Å². The number of H-pyrrole nitrogens is 1. The van der Waals surface area contributed by atoms with Crippen molar-refractivity contribution in [1.82, 2.24) is 20.0 Å². The Balaban J connectivity index is 1.39. The third kappa shape index (κ3) is 3.77. The normalized spacial score (nSPS) is 10.7. The molecule has 0 aliphatic heterocycles. The number of aromatic amines is 1. The van der Waals surface area contributed by atoms with Gasteiger partial charge in [0.15, 0.2) is 0 Å². The van der Waals surface area contributed by atoms with Crippen molar-refractivity contribution >= 4 is 5.97 Å². The molecule has 0 aliphatic carbocycles. The van der Waals surface area contributed by atoms with E-state index in [0.29, 0.717) is 11.3 Å². The molecule has 27 heavy (non-hydrogen) atoms. The molecule has 4 rings (SSSR count). The average molecular weight is 362 g/mol. The summed E-state index contributed by atoms with van der Waals surface area (Å²) < 4.78 is 20.1. The molecule has 134 valence electrons. The standard InChI is InChI=1S/C20H15FN4O2/c21-16-6-4-15(5-7-16)18-12-19(24-23-18)20(26)27-13-14-2-8-17(9-3-14)25-11-1-10-22-25/h1-12H,13H2,(H,23,24). The zero-order chi connectivity index (χ0) is 18.6. The summed E-state index contributed by atoms with van der Waals surface area (Å²) in [5.74, 6) is -0.834. The van der Waals surface area contributed by atoms with E-state index in [-0.39, 0.29) is 18.1 Å². The van der Waals surface area contributed by atoms with Gasteiger partial charge in [-0.2, -0.15) is 10.2 Å². The highest BCUT2D eigenvalue weighted by Gasteiger charge is 2.13. The second kappa shape index (κ2) is 7.25. The zero-order valence-corrected chi connectivity index (χ0v) is 14.2. The van der Waals surface area contributed by atoms with E-state index < -0.39 is 5.97 Å². The molecule has 6 nitrogen and oxygen atoms in total. The van der Waals surface area contributed by atoms with E-state index in [9.17, 15) is 9.18 Å². The highest BCUT2D eigenvalue weighted by Crippen LogP contribution is 2.18. The number of carbonyl (C=O) groups excluding carboxylic acids is 1. The molecule has 2 aromatic carbocycles. The van der Waals surface area contributed by atoms with Crippen LogP contribution in [0, 0.1) is 5.82 Å². The Morgan fingerprint density at radius 2 is 1.89 bits per heavy atom. The van der Waals surface area contributed by atoms with Gasteiger partial charge in [-0.05, 0) is 54.1 Å². The summed E-state index contributed by atoms with van der Waals surface area (Å²) in [6.45, 7) is 0.142. The predicted molar refractivity (Wildman–Crippen MR) is 96.7 cm³/mol. The van der Waals surface area contributed by atoms with Crippen LogP contribution in [0.5, 0.6) is 0 Å². The lowest BCUT2D eigenvalue weighted by Gasteiger charge is -2.05. The summed E-state index contributed by atoms with van der Waals surface area (Å²) >= 11 is 0. The highest BCUT2D eigenvalue weighted by atomic mass is 19.1. The van der Waals surface area contributed by atoms with E-state index >= 15 is 0 Å². The zero-order valence-electron chi connectivity index (χ0n) is 14.2. The molecule has 0 saturated carbocycles. The third-order valence-corrected chi connectivity index (χ3v) is 4.01. The molecule has 0 saturated heterocycles. The van der Waals surface area contributed by atoms with Gasteiger partial charge in [-0.3, -0.25) is 5.10 Å². The fourth-order valence-electron chi connectivity index (χ4n) is 2.59. The third-order valence-electron chi connectivity index (χ3n) is 4.01. The van der Waals surface area contributed by atoms with Gasteiger partial charge in [-0.15, -0.1) is 0 Å². The summed E-state index contributed by atoms with van der Waals surface area (Å²) in [7, 11) is 0. The number of nitrogens with one attached hydrogen (secondary N) is 1. The van der Waals surface area contributed by atoms with Crippen molar-refractivity contribution in [2.24, 2.45) is 0 Å². The first-order valence-electron chi connectivity index (χ1n) is 8.26. The van der Waals surface area contributed by atoms with Crippen LogP contribution in [0.3, 0.4) is 0 Å². The second-order valence-electron chi connectivity index (χ2n) is 5.87. The van der Waals surface area contributed by atoms with Crippen molar-refractivity contribution in [2.45, 2.75) is 6.61 Å². The van der Waals surface area contributed by atoms with E-state index in [0.717, 1.165) is 11.3 Å². The molecule has 7 heteroatoms. The number of hydrogen-bond acceptors (Lipinski definition) is 4. The number of esters is 1. The number of rotatable bonds is 5. The number of ether oxygens (including phenoxy) is 1. The minimum atomic E-state index is -0.507. The lowest BCUT2D eigenvalue weighted by Crippen LogP contribution is -2.06. The van der Waals surface area contributed by atoms with Crippen LogP contribution >= 0.6 is 0 Å². The summed E-state index contributed by atoms with van der Waals surface area (Å²) in [6, 6.07) is 16.9. The molecular weight excluding hydrogens is 347 g/mol. The van der Waals surface area contributed by atoms with Crippen LogP contribution in [0.4, 0.5) is 4.39 Å². The minimum absolute atomic E-state index is 0.142. The van der Waals surface area contributed by atoms with E-state index in [1.807, 2.05) is 36.5 Å². The summed E-state index contributed by atoms with van der Waals surface area (Å²) in [4.78, 5) is 12.2. The van der Waals surface area contributed by atoms with Crippen LogP contribution in [0.1, 0.15) is 16.1 Å². The lowest BCUT2D eigenvalue weighted by atomic mass is 10.1. The van der Waals surface area contributed by atoms with E-state index in [1.54, 1.807) is 29.1 Å². The van der Waals surface area contributed by atoms with Crippen LogP contribution in [0.2, 0.25) is 0 Å². The van der Waals surface area contributed by atoms with Crippen LogP contribution < -0.4 is 0 Å². The number of aromatic nitrogens is 4. The molecule has 2 aromatic heterocycles. The number of carbonyl (C=O) groups is 1. The number of nitrogens with zero attached hydrogens (tertiary/aromatic N) is 3. The van der Waals surface area contributed by atoms with Crippen molar-refractivity contribution in [3.63, 3.8) is 0 Å². The number of halogens is 1. The molecule has 0 bridgehead atoms. The van der Waals surface area contributed by atoms with Crippen LogP contribution in [-0.4, -0.2) is 25.9 Å². The first-order valence-corrected chi connectivity index (χ1v) is 8.26. The van der Waals surface area contributed by atoms with Crippen LogP contribution in [0.25, 0.3) is 16.9 Å². The quantitative estimate of drug-likeness (QED) is 0.549. The van der Waals surface area contributed by atoms with Crippen molar-refractivity contribution in [1.29, 1.82) is 0 Å². The van der Waals surface area contributed by atoms with Crippen molar-refractivity contribution in [3.8, 4) is 16.9 Å². The average Bonchev–Trinajstić information content (AvgIpc) is 3.39. The maximum Gasteiger partial charge on any atom is 0.356 e. The molecule has 0 unspecified atom stereocenters. The SMILES string of the molecule is O=C(OCc1ccc(-n2cccn2)cc1)c1cc(-c2ccc(F)cc2)n[nH]1. The maximum atomic E-state index is 13.0. The second-order valence-corrected chi connectivity index (χ2v) is 5.87. The molecule has 0 amide bonds. The topological polar surface area (TPSA) is 72.8 Å². The van der Waals surface area contributed by atoms with Gasteiger partial charge in [0.1, 0.15) is 18.1 Å². The maximum absolute atomic E-state index is 13.0. The smallest absolute Gasteiger partial charge is 0.356 e. The molecule has 0 atom stereocenters. The van der Waals surface area contributed by atoms with Gasteiger partial charge in [-0.25, -0.2) is 13.9 Å². The van der Waals surface area contributed by atoms with Gasteiger partial charge >= 0.3 is 5.97 Å². The molecular formula is C20H15FN4O2. The van der Waals surface area contributed by atoms with Gasteiger partial charge in [0.25, 0.3) is 0 Å². The Kier molecular flexibility index (Phi) is 4.49. The molecule has 0 spiro atoms. The van der Waals surface area contributed by atoms with Crippen LogP contribution in [-0.2, 0) is 11.3 Å². The van der Waals surface area contributed by atoms with Crippen LogP contribution in [0.15, 0.2) is 73.1 Å². The van der Waals surface area contributed by atoms with Gasteiger partial charge in [0.05, 0.1) is 11.4 Å². The Morgan fingerprint density at radius 3 is 2.59 bits per heavy atom. The van der Waals surface area contributed by atoms with E-state index in [1.165, 1.54) is 12.1 Å². The van der Waals surface area contributed by atoms with E-state index in [4.69, 9.17) is 4.74 Å². The number of benzene rings is 2. The molecule has 0 radical (unpaired) electrons. The molecule has 0 aliphatic rings. The highest BCUT2D eigenvalue weighted by molar-refractivity contribution is 5.88. The fourth-order valence-corrected chi connectivity index (χ4v) is 2.59. The first kappa shape index (κ1) is 16.7. The molecule has 0 fully saturated rings. The van der Waals surface area contributed by atoms with Crippen molar-refractivity contribution in [3.05, 3.63) is 90.1 Å². The Labute approximate surface area is 154 Å². The largest absolute Gasteiger partial charge is 0.456 e. The number of hydrogen-bond donors (Lipinski definition) is 1. The summed E-state index contributed by atoms with van der Waals surface area (Å²) in [5, 5.41) is 10.9. The monoisotopic (exact) mass is 362 g/mol. The Bertz CT molecular complexity index is 1040. The minimum Gasteiger partial charge on any atom is -0.456 e. The van der Waals surface area contributed by atoms with Crippen molar-refractivity contribution in [2.75, 3.05) is 0 Å². The van der Waals surface area contributed by atoms with Gasteiger partial charge < -0.3 is 4.74 Å². The van der Waals surface area contributed by atoms with Gasteiger partial charge in [0.2, 0.25) is 0 Å². The predicted octanol–water partition coefficient (Wildman–Crippen LogP) is 3.76. The molecule has 2 heterocycles. The Morgan fingerprint density at radius 1 is 1.11 bits per heavy atom.